The number of carbonyl (C=O) groups excluding carboxylic acids is 2. The molecular weight excluding hydrogens is 544 g/mol. The minimum absolute atomic E-state index is 0.104. The van der Waals surface area contributed by atoms with Crippen LogP contribution in [0.2, 0.25) is 0 Å². The fourth-order valence-corrected chi connectivity index (χ4v) is 6.20. The lowest BCUT2D eigenvalue weighted by Gasteiger charge is -2.36. The third-order valence-electron chi connectivity index (χ3n) is 9.02. The first-order valence-electron chi connectivity index (χ1n) is 16.0. The molecule has 0 saturated heterocycles. The minimum atomic E-state index is -0.902. The van der Waals surface area contributed by atoms with Gasteiger partial charge in [0.2, 0.25) is 0 Å². The summed E-state index contributed by atoms with van der Waals surface area (Å²) in [4.78, 5) is 24.5. The van der Waals surface area contributed by atoms with E-state index in [0.29, 0.717) is 24.3 Å². The summed E-state index contributed by atoms with van der Waals surface area (Å²) in [5.74, 6) is 0.237. The molecule has 3 atom stereocenters. The van der Waals surface area contributed by atoms with Crippen molar-refractivity contribution in [3.63, 3.8) is 0 Å². The van der Waals surface area contributed by atoms with E-state index < -0.39 is 12.2 Å². The highest BCUT2D eigenvalue weighted by Gasteiger charge is 2.38. The molecule has 0 heterocycles. The van der Waals surface area contributed by atoms with Crippen LogP contribution in [0, 0.1) is 16.7 Å². The zero-order chi connectivity index (χ0) is 33.2. The number of carbonyl (C=O) groups is 2. The van der Waals surface area contributed by atoms with Crippen molar-refractivity contribution in [2.75, 3.05) is 0 Å². The van der Waals surface area contributed by atoms with Crippen molar-refractivity contribution in [3.8, 4) is 0 Å². The number of aliphatic hydroxyl groups excluding tert-OH is 2. The number of allylic oxidation sites excluding steroid dienone is 16. The summed E-state index contributed by atoms with van der Waals surface area (Å²) in [6.07, 6.45) is 25.0. The first-order valence-corrected chi connectivity index (χ1v) is 16.0. The molecule has 0 aromatic heterocycles. The first kappa shape index (κ1) is 37.1. The van der Waals surface area contributed by atoms with Crippen LogP contribution in [0.1, 0.15) is 101 Å². The maximum atomic E-state index is 12.3. The van der Waals surface area contributed by atoms with Gasteiger partial charge < -0.3 is 10.2 Å². The molecule has 0 aromatic rings. The van der Waals surface area contributed by atoms with Crippen LogP contribution in [0.15, 0.2) is 106 Å². The minimum Gasteiger partial charge on any atom is -0.385 e. The van der Waals surface area contributed by atoms with Crippen molar-refractivity contribution in [2.45, 2.75) is 114 Å². The monoisotopic (exact) mass is 600 g/mol. The van der Waals surface area contributed by atoms with Crippen molar-refractivity contribution >= 4 is 11.6 Å². The lowest BCUT2D eigenvalue weighted by molar-refractivity contribution is -0.126. The number of hydrogen-bond acceptors (Lipinski definition) is 4. The molecule has 0 spiro atoms. The van der Waals surface area contributed by atoms with E-state index in [1.165, 1.54) is 11.1 Å². The van der Waals surface area contributed by atoms with Crippen LogP contribution in [0.4, 0.5) is 0 Å². The molecule has 240 valence electrons. The Hall–Kier alpha value is -3.08. The lowest BCUT2D eigenvalue weighted by Crippen LogP contribution is -2.36. The Kier molecular flexibility index (Phi) is 13.7. The molecule has 2 rings (SSSR count). The van der Waals surface area contributed by atoms with E-state index in [4.69, 9.17) is 0 Å². The number of hydrogen-bond donors (Lipinski definition) is 2. The number of aliphatic hydroxyl groups is 2. The van der Waals surface area contributed by atoms with Crippen LogP contribution in [0.5, 0.6) is 0 Å². The standard InChI is InChI=1S/C40H56O4/c1-27(17-13-19-29(3)21-23-33-31(5)37(43)35(41)25-39(33,7)8)15-11-12-16-28(2)18-14-20-30(4)22-24-34-32(6)38(44)36(42)26-40(34,9)10/h11-19,21,23,30,35-36,41-42H,20,22,24-26H2,1-10H3/b12-11+,17-13+,18-14+,23-21+,27-15+,28-16+,29-19+/t30?,35-,36-/m0/s1. The lowest BCUT2D eigenvalue weighted by atomic mass is 9.69. The van der Waals surface area contributed by atoms with Gasteiger partial charge in [-0.1, -0.05) is 124 Å². The van der Waals surface area contributed by atoms with Crippen LogP contribution >= 0.6 is 0 Å². The average molecular weight is 601 g/mol. The molecule has 0 amide bonds. The number of rotatable bonds is 12. The van der Waals surface area contributed by atoms with Gasteiger partial charge in [-0.2, -0.15) is 0 Å². The summed E-state index contributed by atoms with van der Waals surface area (Å²) in [5, 5.41) is 20.1. The Labute approximate surface area is 267 Å². The smallest absolute Gasteiger partial charge is 0.187 e. The zero-order valence-corrected chi connectivity index (χ0v) is 28.8. The summed E-state index contributed by atoms with van der Waals surface area (Å²) in [6.45, 7) is 20.5. The molecular formula is C40H56O4. The van der Waals surface area contributed by atoms with E-state index in [9.17, 15) is 19.8 Å². The van der Waals surface area contributed by atoms with Gasteiger partial charge in [-0.3, -0.25) is 9.59 Å². The van der Waals surface area contributed by atoms with Gasteiger partial charge in [0.05, 0.1) is 0 Å². The number of Topliss-reactive ketones (excluding diaryl/α,β-unsaturated/α-hetero) is 2. The fraction of sp³-hybridized carbons (Fsp3) is 0.500. The van der Waals surface area contributed by atoms with E-state index in [2.05, 4.69) is 84.9 Å². The second-order valence-electron chi connectivity index (χ2n) is 14.2. The van der Waals surface area contributed by atoms with Crippen LogP contribution in [-0.2, 0) is 9.59 Å². The van der Waals surface area contributed by atoms with Gasteiger partial charge in [-0.05, 0) is 100 Å². The molecule has 4 heteroatoms. The van der Waals surface area contributed by atoms with E-state index in [-0.39, 0.29) is 22.4 Å². The molecule has 2 aliphatic rings. The van der Waals surface area contributed by atoms with Gasteiger partial charge in [0.25, 0.3) is 0 Å². The van der Waals surface area contributed by atoms with Crippen LogP contribution in [0.25, 0.3) is 0 Å². The van der Waals surface area contributed by atoms with Crippen LogP contribution in [-0.4, -0.2) is 34.0 Å². The normalized spacial score (nSPS) is 24.7. The Morgan fingerprint density at radius 2 is 1.27 bits per heavy atom. The van der Waals surface area contributed by atoms with Crippen molar-refractivity contribution in [2.24, 2.45) is 16.7 Å². The summed E-state index contributed by atoms with van der Waals surface area (Å²) in [7, 11) is 0. The summed E-state index contributed by atoms with van der Waals surface area (Å²) < 4.78 is 0. The second kappa shape index (κ2) is 16.3. The molecule has 0 bridgehead atoms. The van der Waals surface area contributed by atoms with Gasteiger partial charge in [0.15, 0.2) is 11.6 Å². The molecule has 0 aromatic carbocycles. The molecule has 0 aliphatic heterocycles. The maximum Gasteiger partial charge on any atom is 0.187 e. The van der Waals surface area contributed by atoms with Gasteiger partial charge in [0.1, 0.15) is 12.2 Å². The molecule has 0 fully saturated rings. The predicted octanol–water partition coefficient (Wildman–Crippen LogP) is 9.21. The Morgan fingerprint density at radius 1 is 0.773 bits per heavy atom. The highest BCUT2D eigenvalue weighted by molar-refractivity contribution is 6.01. The van der Waals surface area contributed by atoms with Gasteiger partial charge in [0, 0.05) is 0 Å². The molecule has 2 N–H and O–H groups in total. The second-order valence-corrected chi connectivity index (χ2v) is 14.2. The van der Waals surface area contributed by atoms with E-state index in [1.807, 2.05) is 44.2 Å². The number of ketones is 2. The van der Waals surface area contributed by atoms with Crippen LogP contribution in [0.3, 0.4) is 0 Å². The third-order valence-corrected chi connectivity index (χ3v) is 9.02. The van der Waals surface area contributed by atoms with Gasteiger partial charge in [-0.25, -0.2) is 0 Å². The van der Waals surface area contributed by atoms with E-state index in [1.54, 1.807) is 6.92 Å². The molecule has 1 unspecified atom stereocenters. The fourth-order valence-electron chi connectivity index (χ4n) is 6.20. The van der Waals surface area contributed by atoms with Crippen molar-refractivity contribution in [3.05, 3.63) is 106 Å². The van der Waals surface area contributed by atoms with Gasteiger partial charge >= 0.3 is 0 Å². The molecule has 4 nitrogen and oxygen atoms in total. The van der Waals surface area contributed by atoms with Crippen molar-refractivity contribution in [1.82, 2.24) is 0 Å². The average Bonchev–Trinajstić information content (AvgIpc) is 2.92. The quantitative estimate of drug-likeness (QED) is 0.219. The maximum absolute atomic E-state index is 12.3. The van der Waals surface area contributed by atoms with Crippen LogP contribution < -0.4 is 0 Å². The third kappa shape index (κ3) is 10.8. The predicted molar refractivity (Wildman–Crippen MR) is 185 cm³/mol. The molecule has 0 saturated carbocycles. The van der Waals surface area contributed by atoms with E-state index >= 15 is 0 Å². The Bertz CT molecular complexity index is 1350. The SMILES string of the molecule is CC1=C(/C=C/C(C)=C/C=C/C(C)=C/C=C/C=C(C)/C=C/CC(C)CCC2=C(C)C(=O)[C@@H](O)CC2(C)C)C(C)(C)C[C@H](O)C1=O. The van der Waals surface area contributed by atoms with Gasteiger partial charge in [-0.15, -0.1) is 0 Å². The summed E-state index contributed by atoms with van der Waals surface area (Å²) in [5.41, 5.74) is 6.65. The first-order chi connectivity index (χ1) is 20.5. The zero-order valence-electron chi connectivity index (χ0n) is 28.8. The Morgan fingerprint density at radius 3 is 1.89 bits per heavy atom. The van der Waals surface area contributed by atoms with Crippen molar-refractivity contribution in [1.29, 1.82) is 0 Å². The highest BCUT2D eigenvalue weighted by atomic mass is 16.3. The summed E-state index contributed by atoms with van der Waals surface area (Å²) in [6, 6.07) is 0. The molecule has 0 radical (unpaired) electrons. The topological polar surface area (TPSA) is 74.6 Å². The largest absolute Gasteiger partial charge is 0.385 e. The van der Waals surface area contributed by atoms with E-state index in [0.717, 1.165) is 41.6 Å². The van der Waals surface area contributed by atoms with Crippen molar-refractivity contribution < 1.29 is 19.8 Å². The molecule has 2 aliphatic carbocycles. The summed E-state index contributed by atoms with van der Waals surface area (Å²) >= 11 is 0. The molecule has 44 heavy (non-hydrogen) atoms. The highest BCUT2D eigenvalue weighted by Crippen LogP contribution is 2.42. The Balaban J connectivity index is 1.85.